The van der Waals surface area contributed by atoms with E-state index in [-0.39, 0.29) is 5.91 Å². The minimum atomic E-state index is -0.0396. The molecule has 1 aromatic heterocycles. The molecule has 0 saturated carbocycles. The summed E-state index contributed by atoms with van der Waals surface area (Å²) < 4.78 is 10.3. The number of nitrogens with one attached hydrogen (secondary N) is 1. The number of nitrogens with zero attached hydrogens (tertiary/aromatic N) is 2. The van der Waals surface area contributed by atoms with E-state index in [0.29, 0.717) is 18.8 Å². The molecule has 0 aliphatic heterocycles. The number of rotatable bonds is 10. The maximum Gasteiger partial charge on any atom is 0.254 e. The van der Waals surface area contributed by atoms with Gasteiger partial charge in [0.05, 0.1) is 18.8 Å². The molecule has 0 aromatic carbocycles. The summed E-state index contributed by atoms with van der Waals surface area (Å²) in [5.74, 6) is 0.743. The zero-order chi connectivity index (χ0) is 15.5. The molecule has 0 spiro atoms. The van der Waals surface area contributed by atoms with Crippen molar-refractivity contribution >= 4 is 11.7 Å². The van der Waals surface area contributed by atoms with Crippen LogP contribution in [0.4, 0.5) is 5.82 Å². The first-order chi connectivity index (χ1) is 10.1. The molecule has 0 aliphatic carbocycles. The van der Waals surface area contributed by atoms with Gasteiger partial charge in [-0.15, -0.1) is 0 Å². The van der Waals surface area contributed by atoms with E-state index in [0.717, 1.165) is 31.8 Å². The predicted octanol–water partition coefficient (Wildman–Crippen LogP) is 1.64. The highest BCUT2D eigenvalue weighted by Crippen LogP contribution is 2.07. The fraction of sp³-hybridized carbons (Fsp3) is 0.600. The van der Waals surface area contributed by atoms with Crippen LogP contribution in [0.15, 0.2) is 18.3 Å². The number of carbonyl (C=O) groups excluding carboxylic acids is 1. The van der Waals surface area contributed by atoms with Crippen molar-refractivity contribution in [3.8, 4) is 0 Å². The Balaban J connectivity index is 2.17. The van der Waals surface area contributed by atoms with Crippen LogP contribution in [0.1, 0.15) is 23.2 Å². The van der Waals surface area contributed by atoms with E-state index < -0.39 is 0 Å². The second-order valence-corrected chi connectivity index (χ2v) is 4.87. The van der Waals surface area contributed by atoms with Crippen molar-refractivity contribution in [1.29, 1.82) is 0 Å². The molecule has 0 aliphatic rings. The summed E-state index contributed by atoms with van der Waals surface area (Å²) in [5, 5.41) is 3.23. The van der Waals surface area contributed by atoms with Gasteiger partial charge in [-0.1, -0.05) is 0 Å². The van der Waals surface area contributed by atoms with Crippen LogP contribution >= 0.6 is 0 Å². The Morgan fingerprint density at radius 2 is 2.05 bits per heavy atom. The molecule has 6 nitrogen and oxygen atoms in total. The van der Waals surface area contributed by atoms with E-state index >= 15 is 0 Å². The summed E-state index contributed by atoms with van der Waals surface area (Å²) in [6, 6.07) is 3.61. The Bertz CT molecular complexity index is 407. The molecule has 21 heavy (non-hydrogen) atoms. The van der Waals surface area contributed by atoms with Crippen LogP contribution in [0.5, 0.6) is 0 Å². The van der Waals surface area contributed by atoms with Gasteiger partial charge in [0.1, 0.15) is 5.82 Å². The lowest BCUT2D eigenvalue weighted by Crippen LogP contribution is -2.21. The molecule has 0 atom stereocenters. The average molecular weight is 295 g/mol. The van der Waals surface area contributed by atoms with Crippen molar-refractivity contribution in [2.45, 2.75) is 12.8 Å². The summed E-state index contributed by atoms with van der Waals surface area (Å²) >= 11 is 0. The Labute approximate surface area is 126 Å². The summed E-state index contributed by atoms with van der Waals surface area (Å²) in [6.07, 6.45) is 3.60. The van der Waals surface area contributed by atoms with Crippen LogP contribution in [0, 0.1) is 0 Å². The van der Waals surface area contributed by atoms with E-state index in [9.17, 15) is 4.79 Å². The SMILES string of the molecule is COCCOCCCCNc1ccc(C(=O)N(C)C)cn1. The molecular formula is C15H25N3O3. The number of aromatic nitrogens is 1. The number of ether oxygens (including phenoxy) is 2. The highest BCUT2D eigenvalue weighted by molar-refractivity contribution is 5.93. The van der Waals surface area contributed by atoms with Gasteiger partial charge in [0.15, 0.2) is 0 Å². The minimum Gasteiger partial charge on any atom is -0.382 e. The lowest BCUT2D eigenvalue weighted by atomic mass is 10.2. The largest absolute Gasteiger partial charge is 0.382 e. The van der Waals surface area contributed by atoms with E-state index in [1.165, 1.54) is 4.90 Å². The number of anilines is 1. The van der Waals surface area contributed by atoms with Crippen LogP contribution < -0.4 is 5.32 Å². The third-order valence-corrected chi connectivity index (χ3v) is 2.87. The first-order valence-electron chi connectivity index (χ1n) is 7.13. The van der Waals surface area contributed by atoms with Gasteiger partial charge in [0.25, 0.3) is 5.91 Å². The maximum absolute atomic E-state index is 11.7. The number of hydrogen-bond acceptors (Lipinski definition) is 5. The van der Waals surface area contributed by atoms with Crippen molar-refractivity contribution < 1.29 is 14.3 Å². The quantitative estimate of drug-likeness (QED) is 0.665. The van der Waals surface area contributed by atoms with Gasteiger partial charge in [-0.25, -0.2) is 4.98 Å². The molecule has 1 N–H and O–H groups in total. The average Bonchev–Trinajstić information content (AvgIpc) is 2.49. The molecule has 0 fully saturated rings. The van der Waals surface area contributed by atoms with Crippen molar-refractivity contribution in [1.82, 2.24) is 9.88 Å². The zero-order valence-corrected chi connectivity index (χ0v) is 13.1. The Kier molecular flexibility index (Phi) is 8.38. The number of carbonyl (C=O) groups is 1. The summed E-state index contributed by atoms with van der Waals surface area (Å²) in [6.45, 7) is 2.86. The molecule has 118 valence electrons. The standard InChI is InChI=1S/C15H25N3O3/c1-18(2)15(19)13-6-7-14(17-12-13)16-8-4-5-9-21-11-10-20-3/h6-7,12H,4-5,8-11H2,1-3H3,(H,16,17). The minimum absolute atomic E-state index is 0.0396. The third kappa shape index (κ3) is 7.06. The number of pyridine rings is 1. The van der Waals surface area contributed by atoms with Crippen molar-refractivity contribution in [3.05, 3.63) is 23.9 Å². The van der Waals surface area contributed by atoms with E-state index in [4.69, 9.17) is 9.47 Å². The zero-order valence-electron chi connectivity index (χ0n) is 13.1. The Morgan fingerprint density at radius 1 is 1.24 bits per heavy atom. The first-order valence-corrected chi connectivity index (χ1v) is 7.13. The fourth-order valence-electron chi connectivity index (χ4n) is 1.67. The van der Waals surface area contributed by atoms with Crippen LogP contribution in [0.25, 0.3) is 0 Å². The Hall–Kier alpha value is -1.66. The van der Waals surface area contributed by atoms with E-state index in [1.54, 1.807) is 33.5 Å². The Morgan fingerprint density at radius 3 is 2.67 bits per heavy atom. The topological polar surface area (TPSA) is 63.7 Å². The van der Waals surface area contributed by atoms with E-state index in [1.807, 2.05) is 6.07 Å². The molecule has 1 rings (SSSR count). The number of hydrogen-bond donors (Lipinski definition) is 1. The van der Waals surface area contributed by atoms with Gasteiger partial charge in [-0.05, 0) is 25.0 Å². The van der Waals surface area contributed by atoms with Crippen molar-refractivity contribution in [2.75, 3.05) is 52.9 Å². The molecule has 1 amide bonds. The van der Waals surface area contributed by atoms with Crippen molar-refractivity contribution in [2.24, 2.45) is 0 Å². The summed E-state index contributed by atoms with van der Waals surface area (Å²) in [5.41, 5.74) is 0.595. The van der Waals surface area contributed by atoms with Crippen molar-refractivity contribution in [3.63, 3.8) is 0 Å². The first kappa shape index (κ1) is 17.4. The highest BCUT2D eigenvalue weighted by Gasteiger charge is 2.07. The van der Waals surface area contributed by atoms with Gasteiger partial charge in [0, 0.05) is 40.6 Å². The third-order valence-electron chi connectivity index (χ3n) is 2.87. The van der Waals surface area contributed by atoms with Crippen LogP contribution in [-0.4, -0.2) is 63.4 Å². The molecule has 6 heteroatoms. The second-order valence-electron chi connectivity index (χ2n) is 4.87. The van der Waals surface area contributed by atoms with Gasteiger partial charge in [-0.3, -0.25) is 4.79 Å². The normalized spacial score (nSPS) is 10.4. The molecule has 0 unspecified atom stereocenters. The molecule has 0 radical (unpaired) electrons. The fourth-order valence-corrected chi connectivity index (χ4v) is 1.67. The van der Waals surface area contributed by atoms with Crippen LogP contribution in [0.2, 0.25) is 0 Å². The lowest BCUT2D eigenvalue weighted by molar-refractivity contribution is 0.0691. The smallest absolute Gasteiger partial charge is 0.254 e. The van der Waals surface area contributed by atoms with Gasteiger partial charge in [0.2, 0.25) is 0 Å². The summed E-state index contributed by atoms with van der Waals surface area (Å²) in [7, 11) is 5.12. The van der Waals surface area contributed by atoms with Crippen LogP contribution in [-0.2, 0) is 9.47 Å². The highest BCUT2D eigenvalue weighted by atomic mass is 16.5. The number of amides is 1. The second kappa shape index (κ2) is 10.1. The molecular weight excluding hydrogens is 270 g/mol. The lowest BCUT2D eigenvalue weighted by Gasteiger charge is -2.10. The van der Waals surface area contributed by atoms with Gasteiger partial charge in [-0.2, -0.15) is 0 Å². The molecule has 1 aromatic rings. The molecule has 1 heterocycles. The number of unbranched alkanes of at least 4 members (excludes halogenated alkanes) is 1. The van der Waals surface area contributed by atoms with E-state index in [2.05, 4.69) is 10.3 Å². The molecule has 0 bridgehead atoms. The monoisotopic (exact) mass is 295 g/mol. The summed E-state index contributed by atoms with van der Waals surface area (Å²) in [4.78, 5) is 17.5. The molecule has 0 saturated heterocycles. The van der Waals surface area contributed by atoms with Gasteiger partial charge >= 0.3 is 0 Å². The van der Waals surface area contributed by atoms with Crippen LogP contribution in [0.3, 0.4) is 0 Å². The number of methoxy groups -OCH3 is 1. The maximum atomic E-state index is 11.7. The van der Waals surface area contributed by atoms with Gasteiger partial charge < -0.3 is 19.7 Å². The predicted molar refractivity (Wildman–Crippen MR) is 82.7 cm³/mol.